The summed E-state index contributed by atoms with van der Waals surface area (Å²) in [7, 11) is 1.68. The van der Waals surface area contributed by atoms with Crippen LogP contribution >= 0.6 is 0 Å². The monoisotopic (exact) mass is 398 g/mol. The minimum atomic E-state index is -0.368. The fraction of sp³-hybridized carbons (Fsp3) is 0.458. The first-order chi connectivity index (χ1) is 14.2. The average molecular weight is 399 g/mol. The molecule has 2 aromatic carbocycles. The maximum atomic E-state index is 14.2. The summed E-state index contributed by atoms with van der Waals surface area (Å²) >= 11 is 0. The molecule has 1 saturated heterocycles. The third-order valence-electron chi connectivity index (χ3n) is 5.62. The van der Waals surface area contributed by atoms with Crippen LogP contribution in [0.4, 0.5) is 10.1 Å². The van der Waals surface area contributed by atoms with Gasteiger partial charge in [0.15, 0.2) is 0 Å². The largest absolute Gasteiger partial charge is 0.496 e. The van der Waals surface area contributed by atoms with E-state index in [4.69, 9.17) is 4.74 Å². The quantitative estimate of drug-likeness (QED) is 0.582. The van der Waals surface area contributed by atoms with Crippen molar-refractivity contribution in [2.45, 2.75) is 50.9 Å². The van der Waals surface area contributed by atoms with E-state index in [0.29, 0.717) is 18.0 Å². The van der Waals surface area contributed by atoms with Gasteiger partial charge in [-0.15, -0.1) is 0 Å². The van der Waals surface area contributed by atoms with Crippen molar-refractivity contribution in [3.05, 3.63) is 59.4 Å². The van der Waals surface area contributed by atoms with E-state index in [-0.39, 0.29) is 11.7 Å². The molecule has 0 bridgehead atoms. The molecule has 1 fully saturated rings. The van der Waals surface area contributed by atoms with Crippen molar-refractivity contribution < 1.29 is 13.9 Å². The molecular weight excluding hydrogens is 367 g/mol. The van der Waals surface area contributed by atoms with E-state index in [9.17, 15) is 9.18 Å². The van der Waals surface area contributed by atoms with Gasteiger partial charge in [0.05, 0.1) is 12.8 Å². The third-order valence-corrected chi connectivity index (χ3v) is 5.62. The summed E-state index contributed by atoms with van der Waals surface area (Å²) in [5.74, 6) is 0.854. The van der Waals surface area contributed by atoms with Crippen molar-refractivity contribution in [1.29, 1.82) is 0 Å². The van der Waals surface area contributed by atoms with Crippen LogP contribution in [0.3, 0.4) is 0 Å². The lowest BCUT2D eigenvalue weighted by Crippen LogP contribution is -2.26. The maximum absolute atomic E-state index is 14.2. The molecule has 156 valence electrons. The molecule has 4 nitrogen and oxygen atoms in total. The number of rotatable bonds is 9. The van der Waals surface area contributed by atoms with Crippen LogP contribution in [-0.2, 0) is 11.2 Å². The fourth-order valence-electron chi connectivity index (χ4n) is 3.95. The summed E-state index contributed by atoms with van der Waals surface area (Å²) in [6, 6.07) is 13.1. The van der Waals surface area contributed by atoms with E-state index in [1.807, 2.05) is 30.3 Å². The van der Waals surface area contributed by atoms with Crippen molar-refractivity contribution in [1.82, 2.24) is 5.32 Å². The SMILES string of the molecule is COc1ccccc1CCCCCC(=O)Nc1cc(C2CCNCC2)ccc1F. The molecule has 1 heterocycles. The minimum absolute atomic E-state index is 0.122. The number of unbranched alkanes of at least 4 members (excludes halogenated alkanes) is 2. The highest BCUT2D eigenvalue weighted by molar-refractivity contribution is 5.90. The summed E-state index contributed by atoms with van der Waals surface area (Å²) in [6.07, 6.45) is 6.16. The van der Waals surface area contributed by atoms with Gasteiger partial charge >= 0.3 is 0 Å². The van der Waals surface area contributed by atoms with Crippen molar-refractivity contribution in [2.24, 2.45) is 0 Å². The Labute approximate surface area is 172 Å². The molecule has 2 N–H and O–H groups in total. The molecule has 2 aromatic rings. The predicted octanol–water partition coefficient (Wildman–Crippen LogP) is 5.04. The average Bonchev–Trinajstić information content (AvgIpc) is 2.76. The Morgan fingerprint density at radius 3 is 2.72 bits per heavy atom. The summed E-state index contributed by atoms with van der Waals surface area (Å²) in [4.78, 5) is 12.3. The van der Waals surface area contributed by atoms with Crippen LogP contribution in [0.1, 0.15) is 55.6 Å². The highest BCUT2D eigenvalue weighted by atomic mass is 19.1. The number of ether oxygens (including phenoxy) is 1. The van der Waals surface area contributed by atoms with Crippen molar-refractivity contribution >= 4 is 11.6 Å². The van der Waals surface area contributed by atoms with Crippen molar-refractivity contribution in [2.75, 3.05) is 25.5 Å². The van der Waals surface area contributed by atoms with Gasteiger partial charge in [0.25, 0.3) is 0 Å². The first-order valence-electron chi connectivity index (χ1n) is 10.6. The van der Waals surface area contributed by atoms with Gasteiger partial charge in [0, 0.05) is 6.42 Å². The number of nitrogens with one attached hydrogen (secondary N) is 2. The molecule has 29 heavy (non-hydrogen) atoms. The second kappa shape index (κ2) is 11.0. The van der Waals surface area contributed by atoms with Crippen LogP contribution in [0.2, 0.25) is 0 Å². The van der Waals surface area contributed by atoms with E-state index >= 15 is 0 Å². The lowest BCUT2D eigenvalue weighted by Gasteiger charge is -2.23. The number of benzene rings is 2. The number of aryl methyl sites for hydroxylation is 1. The zero-order valence-corrected chi connectivity index (χ0v) is 17.2. The Kier molecular flexibility index (Phi) is 8.05. The molecule has 1 aliphatic heterocycles. The first-order valence-corrected chi connectivity index (χ1v) is 10.6. The molecule has 0 aromatic heterocycles. The number of methoxy groups -OCH3 is 1. The Balaban J connectivity index is 1.43. The Hall–Kier alpha value is -2.40. The molecule has 0 saturated carbocycles. The fourth-order valence-corrected chi connectivity index (χ4v) is 3.95. The van der Waals surface area contributed by atoms with E-state index in [2.05, 4.69) is 16.7 Å². The number of carbonyl (C=O) groups is 1. The molecule has 0 atom stereocenters. The van der Waals surface area contributed by atoms with Gasteiger partial charge in [-0.2, -0.15) is 0 Å². The minimum Gasteiger partial charge on any atom is -0.496 e. The van der Waals surface area contributed by atoms with Gasteiger partial charge in [-0.1, -0.05) is 30.7 Å². The predicted molar refractivity (Wildman–Crippen MR) is 115 cm³/mol. The van der Waals surface area contributed by atoms with E-state index < -0.39 is 0 Å². The van der Waals surface area contributed by atoms with Crippen molar-refractivity contribution in [3.63, 3.8) is 0 Å². The standard InChI is InChI=1S/C24H31FN2O2/c1-29-23-9-6-5-8-19(23)7-3-2-4-10-24(28)27-22-17-20(11-12-21(22)25)18-13-15-26-16-14-18/h5-6,8-9,11-12,17-18,26H,2-4,7,10,13-16H2,1H3,(H,27,28). The van der Waals surface area contributed by atoms with Gasteiger partial charge in [-0.05, 0) is 80.4 Å². The normalized spacial score (nSPS) is 14.6. The summed E-state index contributed by atoms with van der Waals surface area (Å²) in [5.41, 5.74) is 2.61. The number of para-hydroxylation sites is 1. The first kappa shape index (κ1) is 21.3. The molecule has 5 heteroatoms. The van der Waals surface area contributed by atoms with Gasteiger partial charge in [-0.3, -0.25) is 4.79 Å². The Morgan fingerprint density at radius 1 is 1.14 bits per heavy atom. The maximum Gasteiger partial charge on any atom is 0.224 e. The molecule has 1 aliphatic rings. The van der Waals surface area contributed by atoms with Gasteiger partial charge in [0.1, 0.15) is 11.6 Å². The van der Waals surface area contributed by atoms with E-state index in [1.54, 1.807) is 7.11 Å². The number of amides is 1. The Morgan fingerprint density at radius 2 is 1.93 bits per heavy atom. The molecule has 0 unspecified atom stereocenters. The van der Waals surface area contributed by atoms with Gasteiger partial charge < -0.3 is 15.4 Å². The molecule has 1 amide bonds. The third kappa shape index (κ3) is 6.29. The second-order valence-corrected chi connectivity index (χ2v) is 7.68. The number of hydrogen-bond donors (Lipinski definition) is 2. The summed E-state index contributed by atoms with van der Waals surface area (Å²) < 4.78 is 19.5. The van der Waals surface area contributed by atoms with Crippen molar-refractivity contribution in [3.8, 4) is 5.75 Å². The summed E-state index contributed by atoms with van der Waals surface area (Å²) in [5, 5.41) is 6.11. The van der Waals surface area contributed by atoms with Crippen LogP contribution in [0.5, 0.6) is 5.75 Å². The topological polar surface area (TPSA) is 50.4 Å². The van der Waals surface area contributed by atoms with Crippen LogP contribution in [0, 0.1) is 5.82 Å². The zero-order chi connectivity index (χ0) is 20.5. The Bertz CT molecular complexity index is 803. The number of anilines is 1. The van der Waals surface area contributed by atoms with Gasteiger partial charge in [0.2, 0.25) is 5.91 Å². The number of halogens is 1. The molecule has 0 radical (unpaired) electrons. The van der Waals surface area contributed by atoms with Crippen LogP contribution < -0.4 is 15.4 Å². The number of hydrogen-bond acceptors (Lipinski definition) is 3. The molecule has 0 aliphatic carbocycles. The van der Waals surface area contributed by atoms with Crippen LogP contribution in [-0.4, -0.2) is 26.1 Å². The highest BCUT2D eigenvalue weighted by Crippen LogP contribution is 2.28. The zero-order valence-electron chi connectivity index (χ0n) is 17.2. The lowest BCUT2D eigenvalue weighted by molar-refractivity contribution is -0.116. The van der Waals surface area contributed by atoms with Crippen LogP contribution in [0.15, 0.2) is 42.5 Å². The van der Waals surface area contributed by atoms with E-state index in [0.717, 1.165) is 62.9 Å². The molecular formula is C24H31FN2O2. The summed E-state index contributed by atoms with van der Waals surface area (Å²) in [6.45, 7) is 1.97. The number of piperidine rings is 1. The molecule has 0 spiro atoms. The smallest absolute Gasteiger partial charge is 0.224 e. The highest BCUT2D eigenvalue weighted by Gasteiger charge is 2.17. The van der Waals surface area contributed by atoms with Crippen LogP contribution in [0.25, 0.3) is 0 Å². The second-order valence-electron chi connectivity index (χ2n) is 7.68. The molecule has 3 rings (SSSR count). The van der Waals surface area contributed by atoms with Gasteiger partial charge in [-0.25, -0.2) is 4.39 Å². The van der Waals surface area contributed by atoms with E-state index in [1.165, 1.54) is 11.6 Å². The lowest BCUT2D eigenvalue weighted by atomic mass is 9.90. The number of carbonyl (C=O) groups excluding carboxylic acids is 1.